The third-order valence-electron chi connectivity index (χ3n) is 4.51. The fraction of sp³-hybridized carbons (Fsp3) is 0.130. The Morgan fingerprint density at radius 1 is 1.12 bits per heavy atom. The summed E-state index contributed by atoms with van der Waals surface area (Å²) in [7, 11) is 0. The number of carbonyl (C=O) groups is 1. The van der Waals surface area contributed by atoms with Crippen LogP contribution in [0.15, 0.2) is 71.2 Å². The van der Waals surface area contributed by atoms with E-state index in [1.165, 1.54) is 11.6 Å². The molecule has 9 heteroatoms. The second-order valence-electron chi connectivity index (χ2n) is 6.92. The number of nitro groups is 1. The summed E-state index contributed by atoms with van der Waals surface area (Å²) in [5, 5.41) is 16.4. The minimum Gasteiger partial charge on any atom is -0.492 e. The van der Waals surface area contributed by atoms with Gasteiger partial charge in [-0.25, -0.2) is 0 Å². The molecule has 0 unspecified atom stereocenters. The van der Waals surface area contributed by atoms with Crippen LogP contribution in [0.25, 0.3) is 0 Å². The van der Waals surface area contributed by atoms with Crippen LogP contribution in [0.2, 0.25) is 0 Å². The maximum atomic E-state index is 12.5. The zero-order valence-corrected chi connectivity index (χ0v) is 19.5. The van der Waals surface area contributed by atoms with Gasteiger partial charge in [-0.05, 0) is 70.5 Å². The molecule has 7 nitrogen and oxygen atoms in total. The predicted molar refractivity (Wildman–Crippen MR) is 131 cm³/mol. The molecule has 2 N–H and O–H groups in total. The van der Waals surface area contributed by atoms with Crippen molar-refractivity contribution in [1.82, 2.24) is 5.32 Å². The highest BCUT2D eigenvalue weighted by Crippen LogP contribution is 2.27. The average Bonchev–Trinajstić information content (AvgIpc) is 2.76. The van der Waals surface area contributed by atoms with E-state index in [1.54, 1.807) is 37.3 Å². The number of hydrogen-bond donors (Lipinski definition) is 2. The summed E-state index contributed by atoms with van der Waals surface area (Å²) in [6, 6.07) is 19.6. The van der Waals surface area contributed by atoms with Gasteiger partial charge in [0, 0.05) is 18.1 Å². The minimum absolute atomic E-state index is 0.0405. The summed E-state index contributed by atoms with van der Waals surface area (Å²) in [4.78, 5) is 23.3. The molecule has 0 bridgehead atoms. The summed E-state index contributed by atoms with van der Waals surface area (Å²) in [5.74, 6) is 0.169. The van der Waals surface area contributed by atoms with Crippen LogP contribution in [0, 0.1) is 17.0 Å². The van der Waals surface area contributed by atoms with Crippen molar-refractivity contribution in [2.75, 3.05) is 11.9 Å². The Kier molecular flexibility index (Phi) is 7.91. The van der Waals surface area contributed by atoms with Crippen molar-refractivity contribution in [1.29, 1.82) is 0 Å². The second kappa shape index (κ2) is 10.8. The van der Waals surface area contributed by atoms with Crippen LogP contribution in [-0.4, -0.2) is 22.5 Å². The molecule has 1 amide bonds. The number of nitrogens with one attached hydrogen (secondary N) is 2. The smallest absolute Gasteiger partial charge is 0.292 e. The zero-order valence-electron chi connectivity index (χ0n) is 17.1. The number of halogens is 1. The molecule has 0 atom stereocenters. The van der Waals surface area contributed by atoms with E-state index in [9.17, 15) is 14.9 Å². The van der Waals surface area contributed by atoms with Gasteiger partial charge in [0.05, 0.1) is 16.0 Å². The van der Waals surface area contributed by atoms with Gasteiger partial charge < -0.3 is 10.1 Å². The van der Waals surface area contributed by atoms with Gasteiger partial charge in [-0.2, -0.15) is 0 Å². The summed E-state index contributed by atoms with van der Waals surface area (Å²) in [6.45, 7) is 2.25. The highest BCUT2D eigenvalue weighted by Gasteiger charge is 2.16. The molecule has 0 heterocycles. The average molecular weight is 514 g/mol. The van der Waals surface area contributed by atoms with Gasteiger partial charge in [0.15, 0.2) is 5.11 Å². The van der Waals surface area contributed by atoms with Gasteiger partial charge in [-0.3, -0.25) is 20.2 Å². The van der Waals surface area contributed by atoms with E-state index in [4.69, 9.17) is 17.0 Å². The van der Waals surface area contributed by atoms with Gasteiger partial charge in [-0.1, -0.05) is 36.4 Å². The maximum absolute atomic E-state index is 12.5. The van der Waals surface area contributed by atoms with E-state index in [-0.39, 0.29) is 16.5 Å². The second-order valence-corrected chi connectivity index (χ2v) is 8.18. The van der Waals surface area contributed by atoms with Crippen LogP contribution in [0.4, 0.5) is 11.4 Å². The molecule has 3 rings (SSSR count). The van der Waals surface area contributed by atoms with Crippen molar-refractivity contribution in [3.63, 3.8) is 0 Å². The molecule has 32 heavy (non-hydrogen) atoms. The molecule has 0 aromatic heterocycles. The lowest BCUT2D eigenvalue weighted by Gasteiger charge is -2.12. The maximum Gasteiger partial charge on any atom is 0.292 e. The van der Waals surface area contributed by atoms with Gasteiger partial charge >= 0.3 is 0 Å². The van der Waals surface area contributed by atoms with Gasteiger partial charge in [-0.15, -0.1) is 0 Å². The van der Waals surface area contributed by atoms with Gasteiger partial charge in [0.1, 0.15) is 11.4 Å². The molecular formula is C23H20BrN3O4S. The van der Waals surface area contributed by atoms with Crippen LogP contribution in [-0.2, 0) is 6.42 Å². The van der Waals surface area contributed by atoms with Crippen molar-refractivity contribution in [2.45, 2.75) is 13.3 Å². The number of nitrogens with zero attached hydrogens (tertiary/aromatic N) is 1. The number of amides is 1. The van der Waals surface area contributed by atoms with Crippen molar-refractivity contribution < 1.29 is 14.5 Å². The number of anilines is 1. The molecule has 0 radical (unpaired) electrons. The monoisotopic (exact) mass is 513 g/mol. The van der Waals surface area contributed by atoms with Crippen molar-refractivity contribution in [3.05, 3.63) is 98.0 Å². The van der Waals surface area contributed by atoms with Crippen LogP contribution in [0.1, 0.15) is 21.5 Å². The third-order valence-corrected chi connectivity index (χ3v) is 5.33. The van der Waals surface area contributed by atoms with Crippen LogP contribution in [0.3, 0.4) is 0 Å². The van der Waals surface area contributed by atoms with Gasteiger partial charge in [0.25, 0.3) is 11.6 Å². The normalized spacial score (nSPS) is 10.3. The topological polar surface area (TPSA) is 93.5 Å². The number of hydrogen-bond acceptors (Lipinski definition) is 5. The molecule has 0 aliphatic rings. The van der Waals surface area contributed by atoms with Crippen LogP contribution < -0.4 is 15.4 Å². The number of nitro benzene ring substituents is 1. The minimum atomic E-state index is -0.507. The Balaban J connectivity index is 1.58. The molecular weight excluding hydrogens is 494 g/mol. The molecule has 3 aromatic rings. The SMILES string of the molecule is Cc1ccc(NC(=S)NC(=O)c2ccc(OCCc3ccccc3)c(Br)c2)c([N+](=O)[O-])c1. The Labute approximate surface area is 199 Å². The lowest BCUT2D eigenvalue weighted by Crippen LogP contribution is -2.34. The first-order valence-electron chi connectivity index (χ1n) is 9.67. The Morgan fingerprint density at radius 3 is 2.56 bits per heavy atom. The quantitative estimate of drug-likeness (QED) is 0.249. The number of benzene rings is 3. The summed E-state index contributed by atoms with van der Waals surface area (Å²) >= 11 is 8.58. The number of thiocarbonyl (C=S) groups is 1. The first-order chi connectivity index (χ1) is 15.3. The third kappa shape index (κ3) is 6.35. The largest absolute Gasteiger partial charge is 0.492 e. The van der Waals surface area contributed by atoms with E-state index in [1.807, 2.05) is 30.3 Å². The van der Waals surface area contributed by atoms with E-state index in [0.29, 0.717) is 22.4 Å². The molecule has 0 aliphatic carbocycles. The number of ether oxygens (including phenoxy) is 1. The lowest BCUT2D eigenvalue weighted by atomic mass is 10.2. The molecule has 0 saturated carbocycles. The Bertz CT molecular complexity index is 1160. The standard InChI is InChI=1S/C23H20BrN3O4S/c1-15-7-9-19(20(13-15)27(29)30)25-23(32)26-22(28)17-8-10-21(18(24)14-17)31-12-11-16-5-3-2-4-6-16/h2-10,13-14H,11-12H2,1H3,(H2,25,26,28,32). The van der Waals surface area contributed by atoms with E-state index >= 15 is 0 Å². The molecule has 0 spiro atoms. The Morgan fingerprint density at radius 2 is 1.88 bits per heavy atom. The predicted octanol–water partition coefficient (Wildman–Crippen LogP) is 5.41. The van der Waals surface area contributed by atoms with Crippen molar-refractivity contribution in [2.24, 2.45) is 0 Å². The van der Waals surface area contributed by atoms with E-state index in [0.717, 1.165) is 12.0 Å². The first kappa shape index (κ1) is 23.4. The van der Waals surface area contributed by atoms with Crippen LogP contribution >= 0.6 is 28.1 Å². The lowest BCUT2D eigenvalue weighted by molar-refractivity contribution is -0.383. The number of rotatable bonds is 7. The van der Waals surface area contributed by atoms with E-state index in [2.05, 4.69) is 26.6 Å². The fourth-order valence-corrected chi connectivity index (χ4v) is 3.61. The zero-order chi connectivity index (χ0) is 23.1. The molecule has 0 aliphatic heterocycles. The van der Waals surface area contributed by atoms with E-state index < -0.39 is 10.8 Å². The molecule has 0 fully saturated rings. The fourth-order valence-electron chi connectivity index (χ4n) is 2.91. The molecule has 0 saturated heterocycles. The molecule has 3 aromatic carbocycles. The van der Waals surface area contributed by atoms with Crippen molar-refractivity contribution in [3.8, 4) is 5.75 Å². The summed E-state index contributed by atoms with van der Waals surface area (Å²) in [5.41, 5.74) is 2.35. The first-order valence-corrected chi connectivity index (χ1v) is 10.9. The number of carbonyl (C=O) groups excluding carboxylic acids is 1. The molecule has 164 valence electrons. The Hall–Kier alpha value is -3.30. The number of aryl methyl sites for hydroxylation is 1. The van der Waals surface area contributed by atoms with Crippen LogP contribution in [0.5, 0.6) is 5.75 Å². The van der Waals surface area contributed by atoms with Gasteiger partial charge in [0.2, 0.25) is 0 Å². The van der Waals surface area contributed by atoms with Crippen molar-refractivity contribution >= 4 is 50.5 Å². The highest BCUT2D eigenvalue weighted by atomic mass is 79.9. The summed E-state index contributed by atoms with van der Waals surface area (Å²) < 4.78 is 6.43. The summed E-state index contributed by atoms with van der Waals surface area (Å²) in [6.07, 6.45) is 0.764. The highest BCUT2D eigenvalue weighted by molar-refractivity contribution is 9.10.